The molecule has 0 fully saturated rings. The number of aliphatic hydroxyl groups excluding tert-OH is 1. The first-order valence-electron chi connectivity index (χ1n) is 5.78. The van der Waals surface area contributed by atoms with Crippen molar-refractivity contribution in [2.24, 2.45) is 0 Å². The lowest BCUT2D eigenvalue weighted by atomic mass is 10.0. The summed E-state index contributed by atoms with van der Waals surface area (Å²) in [5.74, 6) is 0.571. The van der Waals surface area contributed by atoms with Gasteiger partial charge in [-0.3, -0.25) is 4.79 Å². The molecular formula is C13H17BrO5. The maximum absolute atomic E-state index is 11.4. The van der Waals surface area contributed by atoms with Crippen molar-refractivity contribution < 1.29 is 24.1 Å². The highest BCUT2D eigenvalue weighted by atomic mass is 79.9. The lowest BCUT2D eigenvalue weighted by Gasteiger charge is -2.16. The van der Waals surface area contributed by atoms with Gasteiger partial charge in [0, 0.05) is 5.56 Å². The molecule has 1 N–H and O–H groups in total. The van der Waals surface area contributed by atoms with E-state index in [0.717, 1.165) is 0 Å². The molecule has 0 saturated carbocycles. The van der Waals surface area contributed by atoms with Crippen molar-refractivity contribution in [3.8, 4) is 11.5 Å². The van der Waals surface area contributed by atoms with Gasteiger partial charge in [-0.05, 0) is 35.0 Å². The lowest BCUT2D eigenvalue weighted by Crippen LogP contribution is -2.11. The number of esters is 1. The summed E-state index contributed by atoms with van der Waals surface area (Å²) in [5, 5.41) is 10.1. The van der Waals surface area contributed by atoms with E-state index in [2.05, 4.69) is 15.9 Å². The summed E-state index contributed by atoms with van der Waals surface area (Å²) in [6.45, 7) is 2.00. The second-order valence-corrected chi connectivity index (χ2v) is 4.61. The minimum atomic E-state index is -1.00. The smallest absolute Gasteiger partial charge is 0.308 e. The number of carbonyl (C=O) groups excluding carboxylic acids is 1. The van der Waals surface area contributed by atoms with Gasteiger partial charge in [-0.2, -0.15) is 0 Å². The van der Waals surface area contributed by atoms with Gasteiger partial charge in [0.15, 0.2) is 0 Å². The SMILES string of the molecule is CCOC(=O)CC(O)c1cc(OC)c(Br)cc1OC. The van der Waals surface area contributed by atoms with Crippen LogP contribution in [0.25, 0.3) is 0 Å². The number of rotatable bonds is 6. The van der Waals surface area contributed by atoms with Crippen LogP contribution in [-0.2, 0) is 9.53 Å². The zero-order chi connectivity index (χ0) is 14.4. The minimum Gasteiger partial charge on any atom is -0.496 e. The van der Waals surface area contributed by atoms with Crippen LogP contribution in [0.15, 0.2) is 16.6 Å². The van der Waals surface area contributed by atoms with Gasteiger partial charge in [-0.25, -0.2) is 0 Å². The van der Waals surface area contributed by atoms with Gasteiger partial charge in [0.05, 0.1) is 37.8 Å². The third-order valence-corrected chi connectivity index (χ3v) is 3.15. The molecule has 6 heteroatoms. The Hall–Kier alpha value is -1.27. The predicted molar refractivity (Wildman–Crippen MR) is 73.5 cm³/mol. The topological polar surface area (TPSA) is 65.0 Å². The van der Waals surface area contributed by atoms with Crippen LogP contribution >= 0.6 is 15.9 Å². The van der Waals surface area contributed by atoms with Crippen molar-refractivity contribution in [1.29, 1.82) is 0 Å². The largest absolute Gasteiger partial charge is 0.496 e. The molecule has 106 valence electrons. The minimum absolute atomic E-state index is 0.130. The summed E-state index contributed by atoms with van der Waals surface area (Å²) in [4.78, 5) is 11.4. The lowest BCUT2D eigenvalue weighted by molar-refractivity contribution is -0.145. The third-order valence-electron chi connectivity index (χ3n) is 2.53. The normalized spacial score (nSPS) is 11.8. The molecule has 0 aliphatic rings. The highest BCUT2D eigenvalue weighted by Crippen LogP contribution is 2.36. The van der Waals surface area contributed by atoms with Gasteiger partial charge in [0.2, 0.25) is 0 Å². The number of carbonyl (C=O) groups is 1. The molecule has 0 saturated heterocycles. The Morgan fingerprint density at radius 3 is 2.47 bits per heavy atom. The molecule has 0 bridgehead atoms. The van der Waals surface area contributed by atoms with Gasteiger partial charge in [0.1, 0.15) is 11.5 Å². The molecule has 0 aromatic heterocycles. The third kappa shape index (κ3) is 4.11. The summed E-state index contributed by atoms with van der Waals surface area (Å²) < 4.78 is 15.9. The Bertz CT molecular complexity index is 447. The fourth-order valence-electron chi connectivity index (χ4n) is 1.63. The average molecular weight is 333 g/mol. The van der Waals surface area contributed by atoms with E-state index in [-0.39, 0.29) is 13.0 Å². The van der Waals surface area contributed by atoms with Crippen LogP contribution in [0.2, 0.25) is 0 Å². The van der Waals surface area contributed by atoms with Gasteiger partial charge in [-0.15, -0.1) is 0 Å². The Morgan fingerprint density at radius 1 is 1.32 bits per heavy atom. The van der Waals surface area contributed by atoms with E-state index in [1.54, 1.807) is 19.1 Å². The molecule has 1 rings (SSSR count). The van der Waals surface area contributed by atoms with Gasteiger partial charge in [-0.1, -0.05) is 0 Å². The molecule has 0 radical (unpaired) electrons. The number of ether oxygens (including phenoxy) is 3. The Balaban J connectivity index is 3.00. The van der Waals surface area contributed by atoms with E-state index in [0.29, 0.717) is 21.5 Å². The van der Waals surface area contributed by atoms with E-state index >= 15 is 0 Å². The van der Waals surface area contributed by atoms with Crippen molar-refractivity contribution in [2.45, 2.75) is 19.4 Å². The van der Waals surface area contributed by atoms with Crippen molar-refractivity contribution in [3.05, 3.63) is 22.2 Å². The first-order chi connectivity index (χ1) is 9.03. The molecule has 19 heavy (non-hydrogen) atoms. The van der Waals surface area contributed by atoms with Gasteiger partial charge >= 0.3 is 5.97 Å². The Morgan fingerprint density at radius 2 is 1.95 bits per heavy atom. The second kappa shape index (κ2) is 7.35. The Kier molecular flexibility index (Phi) is 6.11. The molecule has 1 aromatic rings. The highest BCUT2D eigenvalue weighted by molar-refractivity contribution is 9.10. The monoisotopic (exact) mass is 332 g/mol. The van der Waals surface area contributed by atoms with E-state index in [1.165, 1.54) is 14.2 Å². The Labute approximate surface area is 120 Å². The summed E-state index contributed by atoms with van der Waals surface area (Å²) in [5.41, 5.74) is 0.482. The number of hydrogen-bond acceptors (Lipinski definition) is 5. The van der Waals surface area contributed by atoms with Crippen LogP contribution in [0.3, 0.4) is 0 Å². The maximum Gasteiger partial charge on any atom is 0.308 e. The van der Waals surface area contributed by atoms with Gasteiger partial charge < -0.3 is 19.3 Å². The van der Waals surface area contributed by atoms with Crippen LogP contribution in [0, 0.1) is 0 Å². The summed E-state index contributed by atoms with van der Waals surface area (Å²) in [6, 6.07) is 3.31. The fourth-order valence-corrected chi connectivity index (χ4v) is 2.12. The van der Waals surface area contributed by atoms with Gasteiger partial charge in [0.25, 0.3) is 0 Å². The first kappa shape index (κ1) is 15.8. The maximum atomic E-state index is 11.4. The zero-order valence-electron chi connectivity index (χ0n) is 11.1. The van der Waals surface area contributed by atoms with E-state index in [4.69, 9.17) is 14.2 Å². The molecule has 0 spiro atoms. The summed E-state index contributed by atoms with van der Waals surface area (Å²) in [7, 11) is 3.02. The number of benzene rings is 1. The van der Waals surface area contributed by atoms with Crippen molar-refractivity contribution in [2.75, 3.05) is 20.8 Å². The molecule has 0 aliphatic carbocycles. The van der Waals surface area contributed by atoms with Crippen LogP contribution in [0.1, 0.15) is 25.0 Å². The fraction of sp³-hybridized carbons (Fsp3) is 0.462. The molecule has 0 aliphatic heterocycles. The molecule has 1 aromatic carbocycles. The zero-order valence-corrected chi connectivity index (χ0v) is 12.7. The summed E-state index contributed by atoms with van der Waals surface area (Å²) >= 11 is 3.33. The average Bonchev–Trinajstić information content (AvgIpc) is 2.38. The van der Waals surface area contributed by atoms with Crippen LogP contribution < -0.4 is 9.47 Å². The number of methoxy groups -OCH3 is 2. The number of hydrogen-bond donors (Lipinski definition) is 1. The second-order valence-electron chi connectivity index (χ2n) is 3.75. The van der Waals surface area contributed by atoms with Crippen LogP contribution in [0.5, 0.6) is 11.5 Å². The number of halogens is 1. The molecule has 0 amide bonds. The van der Waals surface area contributed by atoms with E-state index in [1.807, 2.05) is 0 Å². The molecule has 1 atom stereocenters. The number of aliphatic hydroxyl groups is 1. The highest BCUT2D eigenvalue weighted by Gasteiger charge is 2.20. The molecule has 5 nitrogen and oxygen atoms in total. The van der Waals surface area contributed by atoms with Crippen molar-refractivity contribution >= 4 is 21.9 Å². The molecular weight excluding hydrogens is 316 g/mol. The van der Waals surface area contributed by atoms with Crippen molar-refractivity contribution in [3.63, 3.8) is 0 Å². The van der Waals surface area contributed by atoms with Crippen molar-refractivity contribution in [1.82, 2.24) is 0 Å². The van der Waals surface area contributed by atoms with Crippen LogP contribution in [-0.4, -0.2) is 31.9 Å². The molecule has 0 heterocycles. The standard InChI is InChI=1S/C13H17BrO5/c1-4-19-13(16)7-10(15)8-5-12(18-3)9(14)6-11(8)17-2/h5-6,10,15H,4,7H2,1-3H3. The molecule has 1 unspecified atom stereocenters. The quantitative estimate of drug-likeness (QED) is 0.810. The van der Waals surface area contributed by atoms with E-state index in [9.17, 15) is 9.90 Å². The van der Waals surface area contributed by atoms with E-state index < -0.39 is 12.1 Å². The predicted octanol–water partition coefficient (Wildman–Crippen LogP) is 2.45. The first-order valence-corrected chi connectivity index (χ1v) is 6.57. The van der Waals surface area contributed by atoms with Crippen LogP contribution in [0.4, 0.5) is 0 Å². The summed E-state index contributed by atoms with van der Waals surface area (Å²) in [6.07, 6.45) is -1.13.